The number of tetrazole rings is 1. The second-order valence-electron chi connectivity index (χ2n) is 11.5. The number of carboxylic acids is 1. The average Bonchev–Trinajstić information content (AvgIpc) is 3.63. The fourth-order valence-electron chi connectivity index (χ4n) is 4.25. The van der Waals surface area contributed by atoms with E-state index in [1.54, 1.807) is 30.5 Å². The average molecular weight is 620 g/mol. The van der Waals surface area contributed by atoms with E-state index >= 15 is 0 Å². The number of benzene rings is 2. The van der Waals surface area contributed by atoms with Crippen LogP contribution in [0.25, 0.3) is 11.4 Å². The molecule has 0 aliphatic rings. The predicted molar refractivity (Wildman–Crippen MR) is 163 cm³/mol. The van der Waals surface area contributed by atoms with Gasteiger partial charge in [0, 0.05) is 39.1 Å². The van der Waals surface area contributed by atoms with Crippen LogP contribution in [0.3, 0.4) is 0 Å². The number of Topliss-reactive ketones (excluding diaryl/α,β-unsaturated/α-hetero) is 1. The third-order valence-corrected chi connectivity index (χ3v) is 8.32. The highest BCUT2D eigenvalue weighted by Gasteiger charge is 2.25. The second-order valence-corrected chi connectivity index (χ2v) is 17.1. The highest BCUT2D eigenvalue weighted by atomic mass is 28.3. The zero-order valence-corrected chi connectivity index (χ0v) is 26.0. The van der Waals surface area contributed by atoms with Crippen molar-refractivity contribution in [1.82, 2.24) is 35.1 Å². The summed E-state index contributed by atoms with van der Waals surface area (Å²) < 4.78 is 13.0. The third-order valence-electron chi connectivity index (χ3n) is 6.61. The second kappa shape index (κ2) is 15.2. The molecule has 4 rings (SSSR count). The maximum Gasteiger partial charge on any atom is 0.408 e. The Labute approximate surface area is 256 Å². The van der Waals surface area contributed by atoms with Crippen molar-refractivity contribution < 1.29 is 29.0 Å². The summed E-state index contributed by atoms with van der Waals surface area (Å²) in [4.78, 5) is 42.3. The van der Waals surface area contributed by atoms with E-state index in [9.17, 15) is 19.5 Å². The number of imidazole rings is 1. The van der Waals surface area contributed by atoms with Gasteiger partial charge in [0.2, 0.25) is 0 Å². The normalized spacial score (nSPS) is 12.1. The number of rotatable bonds is 16. The maximum atomic E-state index is 13.0. The van der Waals surface area contributed by atoms with Crippen molar-refractivity contribution in [3.8, 4) is 11.4 Å². The number of ether oxygens (including phenoxy) is 2. The smallest absolute Gasteiger partial charge is 0.408 e. The number of amides is 1. The van der Waals surface area contributed by atoms with Gasteiger partial charge in [-0.2, -0.15) is 4.80 Å². The van der Waals surface area contributed by atoms with Gasteiger partial charge < -0.3 is 24.5 Å². The number of hydrogen-bond donors (Lipinski definition) is 2. The Morgan fingerprint density at radius 2 is 1.80 bits per heavy atom. The van der Waals surface area contributed by atoms with Crippen molar-refractivity contribution in [2.75, 3.05) is 6.61 Å². The summed E-state index contributed by atoms with van der Waals surface area (Å²) in [5, 5.41) is 24.0. The molecule has 232 valence electrons. The number of aliphatic carboxylic acids is 1. The molecule has 14 heteroatoms. The van der Waals surface area contributed by atoms with E-state index in [1.165, 1.54) is 0 Å². The Bertz CT molecular complexity index is 1550. The lowest BCUT2D eigenvalue weighted by molar-refractivity contribution is -0.139. The van der Waals surface area contributed by atoms with E-state index in [0.29, 0.717) is 25.6 Å². The topological polar surface area (TPSA) is 163 Å². The van der Waals surface area contributed by atoms with Crippen LogP contribution in [-0.4, -0.2) is 73.4 Å². The summed E-state index contributed by atoms with van der Waals surface area (Å²) in [6.45, 7) is 7.60. The van der Waals surface area contributed by atoms with Gasteiger partial charge in [0.25, 0.3) is 0 Å². The van der Waals surface area contributed by atoms with E-state index < -0.39 is 38.4 Å². The van der Waals surface area contributed by atoms with Crippen LogP contribution in [0.1, 0.15) is 23.4 Å². The summed E-state index contributed by atoms with van der Waals surface area (Å²) in [7, 11) is -1.20. The molecule has 13 nitrogen and oxygen atoms in total. The first-order valence-electron chi connectivity index (χ1n) is 14.2. The Kier molecular flexibility index (Phi) is 11.1. The van der Waals surface area contributed by atoms with Crippen LogP contribution < -0.4 is 5.32 Å². The lowest BCUT2D eigenvalue weighted by Gasteiger charge is -2.16. The molecule has 4 aromatic rings. The molecule has 2 aromatic carbocycles. The molecule has 0 saturated heterocycles. The summed E-state index contributed by atoms with van der Waals surface area (Å²) >= 11 is 0. The molecular formula is C30H37N7O6Si. The van der Waals surface area contributed by atoms with Gasteiger partial charge in [0.05, 0.1) is 6.42 Å². The standard InChI is InChI=1S/C30H37N7O6Si/c1-44(2,3)16-15-42-21-36-14-13-31-29(36)24-12-8-7-11-23(24)17-27-33-35-37(34-27)19-26(38)25(18-28(39)40)32-30(41)43-20-22-9-5-4-6-10-22/h4-14,25H,15-21H2,1-3H3,(H,32,41)(H,39,40). The number of aromatic nitrogens is 6. The van der Waals surface area contributed by atoms with Crippen LogP contribution in [0.4, 0.5) is 4.79 Å². The first kappa shape index (κ1) is 32.2. The lowest BCUT2D eigenvalue weighted by Crippen LogP contribution is -2.44. The van der Waals surface area contributed by atoms with Gasteiger partial charge in [-0.25, -0.2) is 9.78 Å². The molecule has 0 saturated carbocycles. The van der Waals surface area contributed by atoms with Crippen LogP contribution in [0.15, 0.2) is 67.0 Å². The predicted octanol–water partition coefficient (Wildman–Crippen LogP) is 3.78. The van der Waals surface area contributed by atoms with E-state index in [1.807, 2.05) is 41.1 Å². The largest absolute Gasteiger partial charge is 0.481 e. The molecule has 0 aliphatic heterocycles. The van der Waals surface area contributed by atoms with Gasteiger partial charge in [0.15, 0.2) is 11.6 Å². The Hall–Kier alpha value is -4.69. The number of carbonyl (C=O) groups excluding carboxylic acids is 2. The van der Waals surface area contributed by atoms with Gasteiger partial charge in [-0.15, -0.1) is 10.2 Å². The van der Waals surface area contributed by atoms with Crippen LogP contribution in [0, 0.1) is 0 Å². The minimum absolute atomic E-state index is 0.0258. The van der Waals surface area contributed by atoms with Crippen molar-refractivity contribution in [1.29, 1.82) is 0 Å². The minimum Gasteiger partial charge on any atom is -0.481 e. The zero-order valence-electron chi connectivity index (χ0n) is 25.0. The fraction of sp³-hybridized carbons (Fsp3) is 0.367. The fourth-order valence-corrected chi connectivity index (χ4v) is 5.01. The molecule has 1 amide bonds. The van der Waals surface area contributed by atoms with Crippen LogP contribution in [0.5, 0.6) is 0 Å². The first-order chi connectivity index (χ1) is 21.1. The number of alkyl carbamates (subject to hydrolysis) is 1. The maximum absolute atomic E-state index is 13.0. The number of carbonyl (C=O) groups is 3. The molecule has 1 unspecified atom stereocenters. The number of hydrogen-bond acceptors (Lipinski definition) is 9. The number of carboxylic acid groups (broad SMARTS) is 1. The first-order valence-corrected chi connectivity index (χ1v) is 17.9. The van der Waals surface area contributed by atoms with E-state index in [-0.39, 0.29) is 13.2 Å². The number of ketones is 1. The number of nitrogens with zero attached hydrogens (tertiary/aromatic N) is 6. The summed E-state index contributed by atoms with van der Waals surface area (Å²) in [5.74, 6) is -0.752. The van der Waals surface area contributed by atoms with E-state index in [2.05, 4.69) is 45.4 Å². The van der Waals surface area contributed by atoms with Gasteiger partial charge in [0.1, 0.15) is 31.7 Å². The quantitative estimate of drug-likeness (QED) is 0.139. The molecule has 2 N–H and O–H groups in total. The van der Waals surface area contributed by atoms with Crippen LogP contribution in [-0.2, 0) is 45.4 Å². The zero-order chi connectivity index (χ0) is 31.5. The summed E-state index contributed by atoms with van der Waals surface area (Å²) in [6, 6.07) is 16.5. The van der Waals surface area contributed by atoms with Crippen molar-refractivity contribution in [3.63, 3.8) is 0 Å². The lowest BCUT2D eigenvalue weighted by atomic mass is 10.0. The molecule has 0 bridgehead atoms. The van der Waals surface area contributed by atoms with E-state index in [4.69, 9.17) is 9.47 Å². The third kappa shape index (κ3) is 9.95. The molecule has 0 aliphatic carbocycles. The highest BCUT2D eigenvalue weighted by molar-refractivity contribution is 6.76. The SMILES string of the molecule is C[Si](C)(C)CCOCn1ccnc1-c1ccccc1Cc1nnn(CC(=O)C(CC(=O)O)NC(=O)OCc2ccccc2)n1. The molecule has 0 fully saturated rings. The summed E-state index contributed by atoms with van der Waals surface area (Å²) in [6.07, 6.45) is 2.39. The van der Waals surface area contributed by atoms with Gasteiger partial charge >= 0.3 is 12.1 Å². The Balaban J connectivity index is 1.38. The molecule has 0 spiro atoms. The van der Waals surface area contributed by atoms with Crippen LogP contribution >= 0.6 is 0 Å². The molecular weight excluding hydrogens is 582 g/mol. The highest BCUT2D eigenvalue weighted by Crippen LogP contribution is 2.24. The van der Waals surface area contributed by atoms with Crippen molar-refractivity contribution >= 4 is 25.9 Å². The molecule has 2 heterocycles. The van der Waals surface area contributed by atoms with Gasteiger partial charge in [-0.3, -0.25) is 9.59 Å². The molecule has 2 aromatic heterocycles. The Morgan fingerprint density at radius 3 is 2.55 bits per heavy atom. The Morgan fingerprint density at radius 1 is 1.05 bits per heavy atom. The molecule has 44 heavy (non-hydrogen) atoms. The van der Waals surface area contributed by atoms with Gasteiger partial charge in [-0.1, -0.05) is 74.2 Å². The minimum atomic E-state index is -1.34. The molecule has 1 atom stereocenters. The van der Waals surface area contributed by atoms with Crippen molar-refractivity contribution in [3.05, 3.63) is 83.9 Å². The van der Waals surface area contributed by atoms with Gasteiger partial charge in [-0.05, 0) is 22.4 Å². The summed E-state index contributed by atoms with van der Waals surface area (Å²) in [5.41, 5.74) is 2.54. The molecule has 0 radical (unpaired) electrons. The number of nitrogens with one attached hydrogen (secondary N) is 1. The van der Waals surface area contributed by atoms with E-state index in [0.717, 1.165) is 33.4 Å². The van der Waals surface area contributed by atoms with Crippen LogP contribution in [0.2, 0.25) is 25.7 Å². The van der Waals surface area contributed by atoms with Crippen molar-refractivity contribution in [2.45, 2.75) is 64.5 Å². The monoisotopic (exact) mass is 619 g/mol. The van der Waals surface area contributed by atoms with Crippen molar-refractivity contribution in [2.24, 2.45) is 0 Å².